The van der Waals surface area contributed by atoms with Crippen LogP contribution in [0, 0.1) is 6.92 Å². The number of nitrogens with one attached hydrogen (secondary N) is 1. The zero-order valence-corrected chi connectivity index (χ0v) is 9.57. The summed E-state index contributed by atoms with van der Waals surface area (Å²) in [6.07, 6.45) is 1.82. The molecular formula is C12H16N4. The highest BCUT2D eigenvalue weighted by Gasteiger charge is 2.03. The second kappa shape index (κ2) is 4.37. The first kappa shape index (κ1) is 10.7. The third kappa shape index (κ3) is 2.06. The molecule has 0 radical (unpaired) electrons. The van der Waals surface area contributed by atoms with Crippen LogP contribution in [0.4, 0.5) is 11.4 Å². The Morgan fingerprint density at radius 3 is 2.88 bits per heavy atom. The first-order valence-electron chi connectivity index (χ1n) is 5.25. The topological polar surface area (TPSA) is 55.9 Å². The van der Waals surface area contributed by atoms with Gasteiger partial charge in [-0.15, -0.1) is 0 Å². The molecule has 16 heavy (non-hydrogen) atoms. The van der Waals surface area contributed by atoms with E-state index in [1.165, 1.54) is 0 Å². The lowest BCUT2D eigenvalue weighted by Crippen LogP contribution is -1.98. The Balaban J connectivity index is 2.23. The van der Waals surface area contributed by atoms with E-state index in [4.69, 9.17) is 5.73 Å². The lowest BCUT2D eigenvalue weighted by molar-refractivity contribution is 0.740. The minimum atomic E-state index is 0.557. The van der Waals surface area contributed by atoms with Crippen molar-refractivity contribution in [3.05, 3.63) is 41.7 Å². The molecule has 0 saturated carbocycles. The van der Waals surface area contributed by atoms with Gasteiger partial charge in [0, 0.05) is 19.3 Å². The summed E-state index contributed by atoms with van der Waals surface area (Å²) in [5, 5.41) is 7.51. The molecule has 84 valence electrons. The Morgan fingerprint density at radius 2 is 2.25 bits per heavy atom. The summed E-state index contributed by atoms with van der Waals surface area (Å²) >= 11 is 0. The van der Waals surface area contributed by atoms with E-state index in [1.807, 2.05) is 49.1 Å². The summed E-state index contributed by atoms with van der Waals surface area (Å²) in [4.78, 5) is 0. The number of benzene rings is 1. The molecule has 0 fully saturated rings. The van der Waals surface area contributed by atoms with Gasteiger partial charge in [0.25, 0.3) is 0 Å². The predicted molar refractivity (Wildman–Crippen MR) is 65.6 cm³/mol. The number of hydrogen-bond donors (Lipinski definition) is 2. The van der Waals surface area contributed by atoms with Crippen molar-refractivity contribution in [1.82, 2.24) is 9.78 Å². The van der Waals surface area contributed by atoms with Crippen LogP contribution < -0.4 is 11.1 Å². The Hall–Kier alpha value is -1.81. The van der Waals surface area contributed by atoms with E-state index in [-0.39, 0.29) is 0 Å². The van der Waals surface area contributed by atoms with Gasteiger partial charge >= 0.3 is 0 Å². The lowest BCUT2D eigenvalue weighted by Gasteiger charge is -2.06. The molecule has 1 aromatic carbocycles. The average molecular weight is 216 g/mol. The van der Waals surface area contributed by atoms with Crippen molar-refractivity contribution in [3.8, 4) is 0 Å². The molecule has 1 heterocycles. The molecule has 1 aromatic heterocycles. The van der Waals surface area contributed by atoms with Gasteiger partial charge in [-0.05, 0) is 24.6 Å². The van der Waals surface area contributed by atoms with Crippen LogP contribution in [-0.2, 0) is 13.6 Å². The summed E-state index contributed by atoms with van der Waals surface area (Å²) in [7, 11) is 1.93. The maximum atomic E-state index is 5.60. The molecule has 0 unspecified atom stereocenters. The average Bonchev–Trinajstić information content (AvgIpc) is 2.61. The molecule has 0 atom stereocenters. The normalized spacial score (nSPS) is 10.4. The number of anilines is 2. The number of aromatic nitrogens is 2. The molecule has 3 N–H and O–H groups in total. The maximum absolute atomic E-state index is 5.60. The van der Waals surface area contributed by atoms with Crippen LogP contribution in [-0.4, -0.2) is 9.78 Å². The van der Waals surface area contributed by atoms with Gasteiger partial charge in [-0.2, -0.15) is 5.10 Å². The monoisotopic (exact) mass is 216 g/mol. The Bertz CT molecular complexity index is 488. The van der Waals surface area contributed by atoms with Gasteiger partial charge in [0.05, 0.1) is 17.6 Å². The van der Waals surface area contributed by atoms with Crippen LogP contribution in [0.3, 0.4) is 0 Å². The third-order valence-electron chi connectivity index (χ3n) is 2.68. The van der Waals surface area contributed by atoms with Crippen molar-refractivity contribution in [1.29, 1.82) is 0 Å². The van der Waals surface area contributed by atoms with Gasteiger partial charge < -0.3 is 11.1 Å². The third-order valence-corrected chi connectivity index (χ3v) is 2.68. The number of nitrogens with zero attached hydrogens (tertiary/aromatic N) is 2. The molecule has 0 bridgehead atoms. The van der Waals surface area contributed by atoms with E-state index < -0.39 is 0 Å². The molecule has 2 rings (SSSR count). The maximum Gasteiger partial charge on any atom is 0.0800 e. The van der Waals surface area contributed by atoms with Gasteiger partial charge in [-0.3, -0.25) is 4.68 Å². The summed E-state index contributed by atoms with van der Waals surface area (Å²) in [5.41, 5.74) is 9.89. The fourth-order valence-electron chi connectivity index (χ4n) is 1.55. The first-order valence-corrected chi connectivity index (χ1v) is 5.25. The van der Waals surface area contributed by atoms with Crippen LogP contribution in [0.25, 0.3) is 0 Å². The number of rotatable bonds is 3. The van der Waals surface area contributed by atoms with Crippen molar-refractivity contribution in [2.75, 3.05) is 5.32 Å². The van der Waals surface area contributed by atoms with Gasteiger partial charge in [0.15, 0.2) is 0 Å². The summed E-state index contributed by atoms with van der Waals surface area (Å²) in [5.74, 6) is 0. The van der Waals surface area contributed by atoms with E-state index >= 15 is 0 Å². The van der Waals surface area contributed by atoms with E-state index in [9.17, 15) is 0 Å². The van der Waals surface area contributed by atoms with Crippen LogP contribution in [0.1, 0.15) is 11.3 Å². The molecule has 4 nitrogen and oxygen atoms in total. The molecule has 2 aromatic rings. The van der Waals surface area contributed by atoms with Crippen LogP contribution in [0.5, 0.6) is 0 Å². The standard InChI is InChI=1S/C12H16N4/c1-9-12(8-14-16(9)2)15-11-5-3-4-10(6-11)7-13/h3-6,8,15H,7,13H2,1-2H3. The first-order chi connectivity index (χ1) is 7.70. The Labute approximate surface area is 95.1 Å². The van der Waals surface area contributed by atoms with E-state index in [0.29, 0.717) is 6.54 Å². The molecule has 4 heteroatoms. The molecular weight excluding hydrogens is 200 g/mol. The quantitative estimate of drug-likeness (QED) is 0.824. The molecule has 0 saturated heterocycles. The van der Waals surface area contributed by atoms with Crippen molar-refractivity contribution in [2.24, 2.45) is 12.8 Å². The van der Waals surface area contributed by atoms with E-state index in [2.05, 4.69) is 10.4 Å². The number of hydrogen-bond acceptors (Lipinski definition) is 3. The predicted octanol–water partition coefficient (Wildman–Crippen LogP) is 1.93. The summed E-state index contributed by atoms with van der Waals surface area (Å²) < 4.78 is 1.84. The summed E-state index contributed by atoms with van der Waals surface area (Å²) in [6, 6.07) is 8.08. The molecule has 0 spiro atoms. The van der Waals surface area contributed by atoms with Gasteiger partial charge in [0.2, 0.25) is 0 Å². The van der Waals surface area contributed by atoms with Crippen molar-refractivity contribution in [3.63, 3.8) is 0 Å². The van der Waals surface area contributed by atoms with Gasteiger partial charge in [-0.25, -0.2) is 0 Å². The van der Waals surface area contributed by atoms with Crippen LogP contribution in [0.15, 0.2) is 30.5 Å². The second-order valence-electron chi connectivity index (χ2n) is 3.80. The Kier molecular flexibility index (Phi) is 2.92. The molecule has 0 aliphatic heterocycles. The fourth-order valence-corrected chi connectivity index (χ4v) is 1.55. The highest BCUT2D eigenvalue weighted by molar-refractivity contribution is 5.61. The van der Waals surface area contributed by atoms with Gasteiger partial charge in [-0.1, -0.05) is 12.1 Å². The number of aryl methyl sites for hydroxylation is 1. The second-order valence-corrected chi connectivity index (χ2v) is 3.80. The number of nitrogens with two attached hydrogens (primary N) is 1. The zero-order chi connectivity index (χ0) is 11.5. The fraction of sp³-hybridized carbons (Fsp3) is 0.250. The Morgan fingerprint density at radius 1 is 1.44 bits per heavy atom. The smallest absolute Gasteiger partial charge is 0.0800 e. The largest absolute Gasteiger partial charge is 0.353 e. The molecule has 0 aliphatic rings. The minimum Gasteiger partial charge on any atom is -0.353 e. The van der Waals surface area contributed by atoms with Crippen LogP contribution >= 0.6 is 0 Å². The van der Waals surface area contributed by atoms with Crippen molar-refractivity contribution < 1.29 is 0 Å². The van der Waals surface area contributed by atoms with Gasteiger partial charge in [0.1, 0.15) is 0 Å². The highest BCUT2D eigenvalue weighted by atomic mass is 15.3. The van der Waals surface area contributed by atoms with E-state index in [0.717, 1.165) is 22.6 Å². The minimum absolute atomic E-state index is 0.557. The highest BCUT2D eigenvalue weighted by Crippen LogP contribution is 2.20. The SMILES string of the molecule is Cc1c(Nc2cccc(CN)c2)cnn1C. The summed E-state index contributed by atoms with van der Waals surface area (Å²) in [6.45, 7) is 2.59. The molecule has 0 aliphatic carbocycles. The van der Waals surface area contributed by atoms with E-state index in [1.54, 1.807) is 0 Å². The molecule has 0 amide bonds. The van der Waals surface area contributed by atoms with Crippen LogP contribution in [0.2, 0.25) is 0 Å². The zero-order valence-electron chi connectivity index (χ0n) is 9.57. The van der Waals surface area contributed by atoms with Crippen molar-refractivity contribution in [2.45, 2.75) is 13.5 Å². The van der Waals surface area contributed by atoms with Crippen molar-refractivity contribution >= 4 is 11.4 Å². The lowest BCUT2D eigenvalue weighted by atomic mass is 10.2.